The SMILES string of the molecule is CCCOc1ccc(C(=O)NCCS(N)(=O)=O)cc1-c1nc(CC)c(CC)c(=O)[nH]1. The van der Waals surface area contributed by atoms with Gasteiger partial charge in [-0.3, -0.25) is 9.59 Å². The van der Waals surface area contributed by atoms with Crippen LogP contribution in [0.15, 0.2) is 23.0 Å². The van der Waals surface area contributed by atoms with Crippen molar-refractivity contribution in [3.63, 3.8) is 0 Å². The molecule has 10 heteroatoms. The van der Waals surface area contributed by atoms with Gasteiger partial charge in [0.15, 0.2) is 0 Å². The highest BCUT2D eigenvalue weighted by Gasteiger charge is 2.17. The van der Waals surface area contributed by atoms with Gasteiger partial charge in [-0.05, 0) is 37.5 Å². The number of hydrogen-bond acceptors (Lipinski definition) is 6. The van der Waals surface area contributed by atoms with Crippen LogP contribution >= 0.6 is 0 Å². The molecule has 0 saturated heterocycles. The topological polar surface area (TPSA) is 144 Å². The second kappa shape index (κ2) is 10.4. The fraction of sp³-hybridized carbons (Fsp3) is 0.450. The van der Waals surface area contributed by atoms with Crippen LogP contribution in [-0.2, 0) is 22.9 Å². The van der Waals surface area contributed by atoms with E-state index < -0.39 is 15.9 Å². The predicted octanol–water partition coefficient (Wildman–Crippen LogP) is 1.37. The Balaban J connectivity index is 2.46. The van der Waals surface area contributed by atoms with Gasteiger partial charge in [-0.2, -0.15) is 0 Å². The Bertz CT molecular complexity index is 1060. The summed E-state index contributed by atoms with van der Waals surface area (Å²) in [6.07, 6.45) is 1.95. The summed E-state index contributed by atoms with van der Waals surface area (Å²) in [7, 11) is -3.67. The lowest BCUT2D eigenvalue weighted by molar-refractivity contribution is 0.0956. The number of aromatic amines is 1. The molecule has 0 aliphatic carbocycles. The first kappa shape index (κ1) is 23.6. The monoisotopic (exact) mass is 436 g/mol. The molecule has 164 valence electrons. The van der Waals surface area contributed by atoms with E-state index in [4.69, 9.17) is 9.88 Å². The number of aromatic nitrogens is 2. The summed E-state index contributed by atoms with van der Waals surface area (Å²) in [6, 6.07) is 4.78. The minimum Gasteiger partial charge on any atom is -0.493 e. The summed E-state index contributed by atoms with van der Waals surface area (Å²) in [6.45, 7) is 6.15. The van der Waals surface area contributed by atoms with E-state index in [-0.39, 0.29) is 23.4 Å². The van der Waals surface area contributed by atoms with Crippen molar-refractivity contribution in [2.24, 2.45) is 5.14 Å². The number of rotatable bonds is 10. The van der Waals surface area contributed by atoms with Gasteiger partial charge in [-0.1, -0.05) is 20.8 Å². The maximum Gasteiger partial charge on any atom is 0.254 e. The summed E-state index contributed by atoms with van der Waals surface area (Å²) >= 11 is 0. The first-order valence-corrected chi connectivity index (χ1v) is 11.6. The smallest absolute Gasteiger partial charge is 0.254 e. The Labute approximate surface area is 176 Å². The van der Waals surface area contributed by atoms with Gasteiger partial charge in [0.05, 0.1) is 23.6 Å². The number of nitrogens with two attached hydrogens (primary N) is 1. The van der Waals surface area contributed by atoms with Crippen molar-refractivity contribution in [1.29, 1.82) is 0 Å². The molecule has 0 bridgehead atoms. The van der Waals surface area contributed by atoms with Crippen LogP contribution in [0.2, 0.25) is 0 Å². The van der Waals surface area contributed by atoms with Crippen LogP contribution < -0.4 is 20.8 Å². The maximum atomic E-state index is 12.5. The molecule has 0 saturated carbocycles. The van der Waals surface area contributed by atoms with Gasteiger partial charge in [-0.15, -0.1) is 0 Å². The number of ether oxygens (including phenoxy) is 1. The van der Waals surface area contributed by atoms with Crippen molar-refractivity contribution in [3.05, 3.63) is 45.4 Å². The Morgan fingerprint density at radius 1 is 1.23 bits per heavy atom. The Kier molecular flexibility index (Phi) is 8.13. The lowest BCUT2D eigenvalue weighted by Gasteiger charge is -2.14. The van der Waals surface area contributed by atoms with Crippen molar-refractivity contribution in [1.82, 2.24) is 15.3 Å². The number of primary sulfonamides is 1. The molecule has 0 fully saturated rings. The third-order valence-electron chi connectivity index (χ3n) is 4.42. The molecule has 2 aromatic rings. The molecule has 30 heavy (non-hydrogen) atoms. The van der Waals surface area contributed by atoms with Crippen LogP contribution in [0.3, 0.4) is 0 Å². The molecule has 1 amide bonds. The summed E-state index contributed by atoms with van der Waals surface area (Å²) in [5, 5.41) is 7.47. The van der Waals surface area contributed by atoms with E-state index in [1.54, 1.807) is 18.2 Å². The first-order valence-electron chi connectivity index (χ1n) is 9.88. The molecule has 4 N–H and O–H groups in total. The lowest BCUT2D eigenvalue weighted by atomic mass is 10.1. The van der Waals surface area contributed by atoms with Gasteiger partial charge in [0, 0.05) is 17.7 Å². The van der Waals surface area contributed by atoms with Crippen LogP contribution in [0, 0.1) is 0 Å². The summed E-state index contributed by atoms with van der Waals surface area (Å²) < 4.78 is 27.9. The Morgan fingerprint density at radius 3 is 2.57 bits per heavy atom. The van der Waals surface area contributed by atoms with Crippen molar-refractivity contribution >= 4 is 15.9 Å². The average molecular weight is 437 g/mol. The molecule has 0 aliphatic rings. The van der Waals surface area contributed by atoms with E-state index >= 15 is 0 Å². The van der Waals surface area contributed by atoms with Crippen LogP contribution in [0.25, 0.3) is 11.4 Å². The molecule has 2 rings (SSSR count). The molecule has 0 spiro atoms. The standard InChI is InChI=1S/C20H28N4O5S/c1-4-10-29-17-8-7-13(19(25)22-9-11-30(21,27)28)12-15(17)18-23-16(6-3)14(5-2)20(26)24-18/h7-8,12H,4-6,9-11H2,1-3H3,(H,22,25)(H2,21,27,28)(H,23,24,26). The molecule has 1 aromatic carbocycles. The van der Waals surface area contributed by atoms with E-state index in [9.17, 15) is 18.0 Å². The van der Waals surface area contributed by atoms with Gasteiger partial charge in [0.2, 0.25) is 10.0 Å². The quantitative estimate of drug-likeness (QED) is 0.513. The van der Waals surface area contributed by atoms with E-state index in [0.29, 0.717) is 47.8 Å². The molecule has 1 aromatic heterocycles. The minimum atomic E-state index is -3.67. The highest BCUT2D eigenvalue weighted by atomic mass is 32.2. The van der Waals surface area contributed by atoms with E-state index in [0.717, 1.165) is 6.42 Å². The molecular weight excluding hydrogens is 408 g/mol. The van der Waals surface area contributed by atoms with Gasteiger partial charge >= 0.3 is 0 Å². The van der Waals surface area contributed by atoms with Gasteiger partial charge in [0.1, 0.15) is 11.6 Å². The number of carbonyl (C=O) groups is 1. The fourth-order valence-electron chi connectivity index (χ4n) is 2.93. The van der Waals surface area contributed by atoms with Crippen LogP contribution in [0.1, 0.15) is 48.8 Å². The van der Waals surface area contributed by atoms with Crippen LogP contribution in [0.5, 0.6) is 5.75 Å². The highest BCUT2D eigenvalue weighted by molar-refractivity contribution is 7.89. The highest BCUT2D eigenvalue weighted by Crippen LogP contribution is 2.29. The number of nitrogens with zero attached hydrogens (tertiary/aromatic N) is 1. The predicted molar refractivity (Wildman–Crippen MR) is 115 cm³/mol. The third-order valence-corrected chi connectivity index (χ3v) is 5.19. The van der Waals surface area contributed by atoms with Crippen LogP contribution in [-0.4, -0.2) is 43.2 Å². The Hall–Kier alpha value is -2.72. The van der Waals surface area contributed by atoms with Crippen molar-refractivity contribution in [3.8, 4) is 17.1 Å². The zero-order valence-electron chi connectivity index (χ0n) is 17.4. The van der Waals surface area contributed by atoms with Crippen molar-refractivity contribution in [2.75, 3.05) is 18.9 Å². The largest absolute Gasteiger partial charge is 0.493 e. The second-order valence-corrected chi connectivity index (χ2v) is 8.46. The van der Waals surface area contributed by atoms with Gasteiger partial charge < -0.3 is 15.0 Å². The number of amides is 1. The molecule has 0 atom stereocenters. The molecule has 1 heterocycles. The van der Waals surface area contributed by atoms with Crippen LogP contribution in [0.4, 0.5) is 0 Å². The molecular formula is C20H28N4O5S. The summed E-state index contributed by atoms with van der Waals surface area (Å²) in [5.41, 5.74) is 1.87. The molecule has 9 nitrogen and oxygen atoms in total. The van der Waals surface area contributed by atoms with E-state index in [1.165, 1.54) is 0 Å². The molecule has 0 aliphatic heterocycles. The van der Waals surface area contributed by atoms with Gasteiger partial charge in [-0.25, -0.2) is 18.5 Å². The fourth-order valence-corrected chi connectivity index (χ4v) is 3.32. The molecule has 0 radical (unpaired) electrons. The summed E-state index contributed by atoms with van der Waals surface area (Å²) in [4.78, 5) is 32.4. The van der Waals surface area contributed by atoms with Gasteiger partial charge in [0.25, 0.3) is 11.5 Å². The normalized spacial score (nSPS) is 11.3. The van der Waals surface area contributed by atoms with Crippen molar-refractivity contribution < 1.29 is 17.9 Å². The third kappa shape index (κ3) is 6.14. The zero-order chi connectivity index (χ0) is 22.3. The number of H-pyrrole nitrogens is 1. The molecule has 0 unspecified atom stereocenters. The number of carbonyl (C=O) groups excluding carboxylic acids is 1. The first-order chi connectivity index (χ1) is 14.2. The second-order valence-electron chi connectivity index (χ2n) is 6.73. The number of hydrogen-bond donors (Lipinski definition) is 3. The van der Waals surface area contributed by atoms with Crippen molar-refractivity contribution in [2.45, 2.75) is 40.0 Å². The average Bonchev–Trinajstić information content (AvgIpc) is 2.70. The maximum absolute atomic E-state index is 12.5. The van der Waals surface area contributed by atoms with E-state index in [2.05, 4.69) is 15.3 Å². The Morgan fingerprint density at radius 2 is 1.97 bits per heavy atom. The number of sulfonamides is 1. The number of benzene rings is 1. The lowest BCUT2D eigenvalue weighted by Crippen LogP contribution is -2.31. The number of aryl methyl sites for hydroxylation is 1. The summed E-state index contributed by atoms with van der Waals surface area (Å²) in [5.74, 6) is -0.0202. The number of nitrogens with one attached hydrogen (secondary N) is 2. The minimum absolute atomic E-state index is 0.110. The van der Waals surface area contributed by atoms with E-state index in [1.807, 2.05) is 20.8 Å². The zero-order valence-corrected chi connectivity index (χ0v) is 18.3.